The summed E-state index contributed by atoms with van der Waals surface area (Å²) in [5, 5.41) is 10.4. The van der Waals surface area contributed by atoms with Gasteiger partial charge in [-0.15, -0.1) is 0 Å². The quantitative estimate of drug-likeness (QED) is 0.776. The highest BCUT2D eigenvalue weighted by molar-refractivity contribution is 8.00. The van der Waals surface area contributed by atoms with Crippen LogP contribution in [-0.4, -0.2) is 21.3 Å². The minimum absolute atomic E-state index is 0.0681. The van der Waals surface area contributed by atoms with Crippen LogP contribution in [0.3, 0.4) is 0 Å². The molecule has 0 saturated carbocycles. The number of aromatic nitrogens is 1. The Morgan fingerprint density at radius 2 is 2.11 bits per heavy atom. The molecule has 0 aromatic carbocycles. The zero-order valence-corrected chi connectivity index (χ0v) is 11.5. The Bertz CT molecular complexity index is 525. The summed E-state index contributed by atoms with van der Waals surface area (Å²) >= 11 is 2.06. The Morgan fingerprint density at radius 1 is 1.37 bits per heavy atom. The zero-order valence-electron chi connectivity index (χ0n) is 10.7. The van der Waals surface area contributed by atoms with E-state index >= 15 is 0 Å². The van der Waals surface area contributed by atoms with E-state index < -0.39 is 0 Å². The number of fused-ring (bicyclic) bond motifs is 2. The molecule has 1 aromatic heterocycles. The Balaban J connectivity index is 1.82. The minimum Gasteiger partial charge on any atom is -0.292 e. The molecule has 98 valence electrons. The molecule has 19 heavy (non-hydrogen) atoms. The molecule has 3 nitrogen and oxygen atoms in total. The van der Waals surface area contributed by atoms with Gasteiger partial charge in [0.25, 0.3) is 0 Å². The molecule has 2 fully saturated rings. The SMILES string of the molecule is N#Cc1cccnc1C(=O)C1CC2CCCC(C1)S2. The number of hydrogen-bond donors (Lipinski definition) is 0. The van der Waals surface area contributed by atoms with Gasteiger partial charge < -0.3 is 0 Å². The molecule has 0 radical (unpaired) electrons. The first-order valence-corrected chi connectivity index (χ1v) is 7.77. The molecule has 0 spiro atoms. The van der Waals surface area contributed by atoms with Gasteiger partial charge in [-0.25, -0.2) is 0 Å². The third-order valence-corrected chi connectivity index (χ3v) is 5.69. The number of nitrogens with zero attached hydrogens (tertiary/aromatic N) is 2. The van der Waals surface area contributed by atoms with E-state index in [4.69, 9.17) is 5.26 Å². The van der Waals surface area contributed by atoms with Crippen LogP contribution in [0.1, 0.15) is 48.2 Å². The molecule has 0 N–H and O–H groups in total. The van der Waals surface area contributed by atoms with Crippen LogP contribution in [0, 0.1) is 17.2 Å². The lowest BCUT2D eigenvalue weighted by Gasteiger charge is -2.37. The number of thioether (sulfide) groups is 1. The van der Waals surface area contributed by atoms with Crippen LogP contribution in [0.4, 0.5) is 0 Å². The van der Waals surface area contributed by atoms with Gasteiger partial charge in [0.2, 0.25) is 0 Å². The summed E-state index contributed by atoms with van der Waals surface area (Å²) in [5.41, 5.74) is 0.788. The summed E-state index contributed by atoms with van der Waals surface area (Å²) < 4.78 is 0. The molecule has 2 saturated heterocycles. The van der Waals surface area contributed by atoms with E-state index in [1.165, 1.54) is 19.3 Å². The van der Waals surface area contributed by atoms with E-state index in [-0.39, 0.29) is 11.7 Å². The second-order valence-corrected chi connectivity index (χ2v) is 6.96. The number of carbonyl (C=O) groups excluding carboxylic acids is 1. The van der Waals surface area contributed by atoms with Crippen LogP contribution >= 0.6 is 11.8 Å². The van der Waals surface area contributed by atoms with Crippen molar-refractivity contribution in [1.82, 2.24) is 4.98 Å². The second kappa shape index (κ2) is 5.34. The molecular weight excluding hydrogens is 256 g/mol. The fourth-order valence-electron chi connectivity index (χ4n) is 3.16. The first-order valence-electron chi connectivity index (χ1n) is 6.82. The van der Waals surface area contributed by atoms with Gasteiger partial charge in [0.05, 0.1) is 5.56 Å². The number of carbonyl (C=O) groups is 1. The van der Waals surface area contributed by atoms with Gasteiger partial charge in [0, 0.05) is 22.6 Å². The fourth-order valence-corrected chi connectivity index (χ4v) is 5.00. The molecule has 0 amide bonds. The lowest BCUT2D eigenvalue weighted by molar-refractivity contribution is 0.0891. The maximum atomic E-state index is 12.6. The summed E-state index contributed by atoms with van der Waals surface area (Å²) in [6.07, 6.45) is 7.29. The molecular formula is C15H16N2OS. The zero-order chi connectivity index (χ0) is 13.2. The molecule has 1 aromatic rings. The van der Waals surface area contributed by atoms with E-state index in [9.17, 15) is 4.79 Å². The number of Topliss-reactive ketones (excluding diaryl/α,β-unsaturated/α-hetero) is 1. The molecule has 2 bridgehead atoms. The third kappa shape index (κ3) is 2.52. The molecule has 3 rings (SSSR count). The number of rotatable bonds is 2. The summed E-state index contributed by atoms with van der Waals surface area (Å²) in [7, 11) is 0. The van der Waals surface area contributed by atoms with Gasteiger partial charge in [-0.1, -0.05) is 6.42 Å². The van der Waals surface area contributed by atoms with Gasteiger partial charge in [-0.05, 0) is 37.8 Å². The Hall–Kier alpha value is -1.34. The number of nitriles is 1. The summed E-state index contributed by atoms with van der Waals surface area (Å²) in [4.78, 5) is 16.7. The monoisotopic (exact) mass is 272 g/mol. The second-order valence-electron chi connectivity index (χ2n) is 5.35. The maximum absolute atomic E-state index is 12.6. The molecule has 2 unspecified atom stereocenters. The van der Waals surface area contributed by atoms with Crippen LogP contribution in [0.2, 0.25) is 0 Å². The predicted molar refractivity (Wildman–Crippen MR) is 75.0 cm³/mol. The van der Waals surface area contributed by atoms with Gasteiger partial charge in [-0.2, -0.15) is 17.0 Å². The summed E-state index contributed by atoms with van der Waals surface area (Å²) in [6, 6.07) is 5.47. The maximum Gasteiger partial charge on any atom is 0.185 e. The van der Waals surface area contributed by atoms with Crippen LogP contribution in [0.15, 0.2) is 18.3 Å². The van der Waals surface area contributed by atoms with Crippen molar-refractivity contribution in [2.75, 3.05) is 0 Å². The molecule has 2 aliphatic heterocycles. The summed E-state index contributed by atoms with van der Waals surface area (Å²) in [5.74, 6) is 0.146. The highest BCUT2D eigenvalue weighted by Gasteiger charge is 2.36. The van der Waals surface area contributed by atoms with E-state index in [0.29, 0.717) is 21.8 Å². The van der Waals surface area contributed by atoms with Crippen LogP contribution < -0.4 is 0 Å². The van der Waals surface area contributed by atoms with Crippen LogP contribution in [-0.2, 0) is 0 Å². The predicted octanol–water partition coefficient (Wildman–Crippen LogP) is 3.20. The van der Waals surface area contributed by atoms with Crippen LogP contribution in [0.25, 0.3) is 0 Å². The van der Waals surface area contributed by atoms with Crippen molar-refractivity contribution in [2.45, 2.75) is 42.6 Å². The molecule has 2 aliphatic rings. The lowest BCUT2D eigenvalue weighted by Crippen LogP contribution is -2.33. The Labute approximate surface area is 117 Å². The van der Waals surface area contributed by atoms with Gasteiger partial charge in [0.1, 0.15) is 11.8 Å². The summed E-state index contributed by atoms with van der Waals surface area (Å²) in [6.45, 7) is 0. The van der Waals surface area contributed by atoms with E-state index in [0.717, 1.165) is 12.8 Å². The lowest BCUT2D eigenvalue weighted by atomic mass is 9.85. The standard InChI is InChI=1S/C15H16N2OS/c16-9-10-3-2-6-17-14(10)15(18)11-7-12-4-1-5-13(8-11)19-12/h2-3,6,11-13H,1,4-5,7-8H2. The van der Waals surface area contributed by atoms with Gasteiger partial charge in [0.15, 0.2) is 5.78 Å². The smallest absolute Gasteiger partial charge is 0.185 e. The Kier molecular flexibility index (Phi) is 3.56. The van der Waals surface area contributed by atoms with Crippen molar-refractivity contribution in [3.63, 3.8) is 0 Å². The minimum atomic E-state index is 0.0681. The van der Waals surface area contributed by atoms with Crippen molar-refractivity contribution >= 4 is 17.5 Å². The average Bonchev–Trinajstić information content (AvgIpc) is 2.46. The van der Waals surface area contributed by atoms with Crippen molar-refractivity contribution in [2.24, 2.45) is 5.92 Å². The van der Waals surface area contributed by atoms with Gasteiger partial charge in [-0.3, -0.25) is 9.78 Å². The number of pyridine rings is 1. The fraction of sp³-hybridized carbons (Fsp3) is 0.533. The average molecular weight is 272 g/mol. The molecule has 0 aliphatic carbocycles. The topological polar surface area (TPSA) is 53.8 Å². The Morgan fingerprint density at radius 3 is 2.79 bits per heavy atom. The highest BCUT2D eigenvalue weighted by Crippen LogP contribution is 2.44. The largest absolute Gasteiger partial charge is 0.292 e. The van der Waals surface area contributed by atoms with Crippen molar-refractivity contribution in [3.8, 4) is 6.07 Å². The molecule has 2 atom stereocenters. The third-order valence-electron chi connectivity index (χ3n) is 4.06. The van der Waals surface area contributed by atoms with Gasteiger partial charge >= 0.3 is 0 Å². The van der Waals surface area contributed by atoms with E-state index in [1.54, 1.807) is 18.3 Å². The number of ketones is 1. The first-order chi connectivity index (χ1) is 9.28. The first kappa shape index (κ1) is 12.7. The highest BCUT2D eigenvalue weighted by atomic mass is 32.2. The van der Waals surface area contributed by atoms with Crippen molar-refractivity contribution in [3.05, 3.63) is 29.6 Å². The van der Waals surface area contributed by atoms with E-state index in [1.807, 2.05) is 0 Å². The van der Waals surface area contributed by atoms with Crippen molar-refractivity contribution < 1.29 is 4.79 Å². The van der Waals surface area contributed by atoms with Crippen molar-refractivity contribution in [1.29, 1.82) is 5.26 Å². The van der Waals surface area contributed by atoms with Crippen LogP contribution in [0.5, 0.6) is 0 Å². The number of hydrogen-bond acceptors (Lipinski definition) is 4. The van der Waals surface area contributed by atoms with E-state index in [2.05, 4.69) is 22.8 Å². The molecule has 4 heteroatoms. The molecule has 3 heterocycles. The normalized spacial score (nSPS) is 29.5.